The maximum atomic E-state index is 12.4. The Morgan fingerprint density at radius 3 is 2.31 bits per heavy atom. The second-order valence-corrected chi connectivity index (χ2v) is 7.54. The van der Waals surface area contributed by atoms with Gasteiger partial charge in [0.15, 0.2) is 0 Å². The summed E-state index contributed by atoms with van der Waals surface area (Å²) in [4.78, 5) is 26.5. The van der Waals surface area contributed by atoms with Gasteiger partial charge in [-0.2, -0.15) is 0 Å². The molecular formula is C23H29N3O3. The molecule has 2 unspecified atom stereocenters. The van der Waals surface area contributed by atoms with Crippen molar-refractivity contribution in [1.82, 2.24) is 4.90 Å². The lowest BCUT2D eigenvalue weighted by atomic mass is 9.89. The second-order valence-electron chi connectivity index (χ2n) is 7.54. The Bertz CT molecular complexity index is 833. The molecule has 2 aromatic carbocycles. The molecule has 3 rings (SSSR count). The molecule has 6 nitrogen and oxygen atoms in total. The number of hydrogen-bond donors (Lipinski definition) is 2. The molecule has 0 spiro atoms. The van der Waals surface area contributed by atoms with Gasteiger partial charge in [0.2, 0.25) is 5.91 Å². The van der Waals surface area contributed by atoms with Crippen molar-refractivity contribution in [2.24, 2.45) is 5.73 Å². The third kappa shape index (κ3) is 5.35. The van der Waals surface area contributed by atoms with Gasteiger partial charge in [0, 0.05) is 36.8 Å². The molecule has 1 aliphatic rings. The quantitative estimate of drug-likeness (QED) is 0.783. The van der Waals surface area contributed by atoms with E-state index in [1.54, 1.807) is 38.3 Å². The van der Waals surface area contributed by atoms with Crippen LogP contribution in [0.5, 0.6) is 5.75 Å². The molecule has 1 aliphatic carbocycles. The van der Waals surface area contributed by atoms with Gasteiger partial charge in [0.05, 0.1) is 7.11 Å². The molecule has 29 heavy (non-hydrogen) atoms. The number of methoxy groups -OCH3 is 1. The van der Waals surface area contributed by atoms with E-state index in [0.717, 1.165) is 31.2 Å². The van der Waals surface area contributed by atoms with Crippen molar-refractivity contribution >= 4 is 17.5 Å². The molecule has 3 N–H and O–H groups in total. The van der Waals surface area contributed by atoms with E-state index in [1.165, 1.54) is 0 Å². The minimum atomic E-state index is -0.182. The highest BCUT2D eigenvalue weighted by Gasteiger charge is 2.29. The normalized spacial score (nSPS) is 18.7. The fourth-order valence-corrected chi connectivity index (χ4v) is 3.82. The van der Waals surface area contributed by atoms with Gasteiger partial charge in [-0.1, -0.05) is 25.0 Å². The Balaban J connectivity index is 1.63. The lowest BCUT2D eigenvalue weighted by Crippen LogP contribution is -2.50. The predicted molar refractivity (Wildman–Crippen MR) is 114 cm³/mol. The van der Waals surface area contributed by atoms with E-state index in [9.17, 15) is 9.59 Å². The van der Waals surface area contributed by atoms with E-state index in [2.05, 4.69) is 5.32 Å². The molecule has 2 atom stereocenters. The van der Waals surface area contributed by atoms with Crippen LogP contribution in [0, 0.1) is 0 Å². The van der Waals surface area contributed by atoms with Gasteiger partial charge in [-0.3, -0.25) is 9.59 Å². The van der Waals surface area contributed by atoms with Gasteiger partial charge in [0.1, 0.15) is 5.75 Å². The van der Waals surface area contributed by atoms with E-state index >= 15 is 0 Å². The third-order valence-electron chi connectivity index (χ3n) is 5.50. The molecule has 2 amide bonds. The molecule has 1 saturated carbocycles. The smallest absolute Gasteiger partial charge is 0.255 e. The average molecular weight is 396 g/mol. The van der Waals surface area contributed by atoms with Crippen molar-refractivity contribution < 1.29 is 14.3 Å². The van der Waals surface area contributed by atoms with Crippen molar-refractivity contribution in [2.45, 2.75) is 51.2 Å². The molecule has 0 aromatic heterocycles. The van der Waals surface area contributed by atoms with Crippen molar-refractivity contribution in [2.75, 3.05) is 12.4 Å². The van der Waals surface area contributed by atoms with Gasteiger partial charge in [-0.15, -0.1) is 0 Å². The average Bonchev–Trinajstić information content (AvgIpc) is 2.73. The lowest BCUT2D eigenvalue weighted by molar-refractivity contribution is -0.133. The van der Waals surface area contributed by atoms with Crippen LogP contribution in [0.4, 0.5) is 5.69 Å². The zero-order valence-corrected chi connectivity index (χ0v) is 17.1. The Labute approximate surface area is 172 Å². The van der Waals surface area contributed by atoms with Crippen LogP contribution in [0.2, 0.25) is 0 Å². The minimum absolute atomic E-state index is 0.0377. The summed E-state index contributed by atoms with van der Waals surface area (Å²) in [5.74, 6) is 0.571. The number of carbonyl (C=O) groups is 2. The van der Waals surface area contributed by atoms with Crippen LogP contribution in [-0.2, 0) is 11.3 Å². The summed E-state index contributed by atoms with van der Waals surface area (Å²) in [5.41, 5.74) is 8.55. The summed E-state index contributed by atoms with van der Waals surface area (Å²) in [6.45, 7) is 2.13. The Kier molecular flexibility index (Phi) is 6.88. The van der Waals surface area contributed by atoms with E-state index in [-0.39, 0.29) is 23.9 Å². The van der Waals surface area contributed by atoms with Gasteiger partial charge in [-0.05, 0) is 54.8 Å². The van der Waals surface area contributed by atoms with E-state index in [0.29, 0.717) is 23.5 Å². The Hall–Kier alpha value is -2.86. The predicted octanol–water partition coefficient (Wildman–Crippen LogP) is 3.57. The number of amides is 2. The van der Waals surface area contributed by atoms with Gasteiger partial charge in [0.25, 0.3) is 5.91 Å². The summed E-state index contributed by atoms with van der Waals surface area (Å²) in [7, 11) is 1.59. The first-order chi connectivity index (χ1) is 14.0. The van der Waals surface area contributed by atoms with Crippen molar-refractivity contribution in [1.29, 1.82) is 0 Å². The van der Waals surface area contributed by atoms with E-state index < -0.39 is 0 Å². The fraction of sp³-hybridized carbons (Fsp3) is 0.391. The number of benzene rings is 2. The SMILES string of the molecule is COc1ccc(C(=O)Nc2ccc(CN(C(C)=O)C3CCCCC3N)cc2)cc1. The summed E-state index contributed by atoms with van der Waals surface area (Å²) < 4.78 is 5.11. The van der Waals surface area contributed by atoms with E-state index in [4.69, 9.17) is 10.5 Å². The molecule has 0 bridgehead atoms. The first-order valence-electron chi connectivity index (χ1n) is 10.0. The molecular weight excluding hydrogens is 366 g/mol. The molecule has 0 heterocycles. The number of ether oxygens (including phenoxy) is 1. The molecule has 1 fully saturated rings. The Morgan fingerprint density at radius 2 is 1.72 bits per heavy atom. The van der Waals surface area contributed by atoms with Gasteiger partial charge < -0.3 is 20.7 Å². The molecule has 0 saturated heterocycles. The van der Waals surface area contributed by atoms with Crippen LogP contribution in [0.25, 0.3) is 0 Å². The maximum absolute atomic E-state index is 12.4. The maximum Gasteiger partial charge on any atom is 0.255 e. The number of anilines is 1. The van der Waals surface area contributed by atoms with Gasteiger partial charge in [-0.25, -0.2) is 0 Å². The van der Waals surface area contributed by atoms with Gasteiger partial charge >= 0.3 is 0 Å². The number of carbonyl (C=O) groups excluding carboxylic acids is 2. The number of nitrogens with zero attached hydrogens (tertiary/aromatic N) is 1. The highest BCUT2D eigenvalue weighted by atomic mass is 16.5. The zero-order valence-electron chi connectivity index (χ0n) is 17.1. The van der Waals surface area contributed by atoms with Crippen LogP contribution in [0.15, 0.2) is 48.5 Å². The number of nitrogens with two attached hydrogens (primary N) is 1. The van der Waals surface area contributed by atoms with E-state index in [1.807, 2.05) is 29.2 Å². The highest BCUT2D eigenvalue weighted by Crippen LogP contribution is 2.24. The minimum Gasteiger partial charge on any atom is -0.497 e. The second kappa shape index (κ2) is 9.56. The van der Waals surface area contributed by atoms with Crippen LogP contribution in [0.3, 0.4) is 0 Å². The van der Waals surface area contributed by atoms with Crippen LogP contribution in [-0.4, -0.2) is 35.9 Å². The lowest BCUT2D eigenvalue weighted by Gasteiger charge is -2.38. The van der Waals surface area contributed by atoms with Crippen LogP contribution < -0.4 is 15.8 Å². The molecule has 6 heteroatoms. The zero-order chi connectivity index (χ0) is 20.8. The highest BCUT2D eigenvalue weighted by molar-refractivity contribution is 6.04. The summed E-state index contributed by atoms with van der Waals surface area (Å²) in [5, 5.41) is 2.89. The number of rotatable bonds is 6. The Morgan fingerprint density at radius 1 is 1.07 bits per heavy atom. The number of nitrogens with one attached hydrogen (secondary N) is 1. The summed E-state index contributed by atoms with van der Waals surface area (Å²) in [6.07, 6.45) is 4.16. The number of hydrogen-bond acceptors (Lipinski definition) is 4. The molecule has 154 valence electrons. The largest absolute Gasteiger partial charge is 0.497 e. The monoisotopic (exact) mass is 395 g/mol. The fourth-order valence-electron chi connectivity index (χ4n) is 3.82. The van der Waals surface area contributed by atoms with Crippen molar-refractivity contribution in [3.8, 4) is 5.75 Å². The summed E-state index contributed by atoms with van der Waals surface area (Å²) in [6, 6.07) is 14.7. The van der Waals surface area contributed by atoms with Crippen molar-refractivity contribution in [3.63, 3.8) is 0 Å². The first kappa shape index (κ1) is 20.9. The summed E-state index contributed by atoms with van der Waals surface area (Å²) >= 11 is 0. The van der Waals surface area contributed by atoms with Crippen molar-refractivity contribution in [3.05, 3.63) is 59.7 Å². The molecule has 2 aromatic rings. The van der Waals surface area contributed by atoms with Crippen LogP contribution >= 0.6 is 0 Å². The molecule has 0 aliphatic heterocycles. The van der Waals surface area contributed by atoms with Crippen LogP contribution in [0.1, 0.15) is 48.5 Å². The topological polar surface area (TPSA) is 84.7 Å². The molecule has 0 radical (unpaired) electrons. The third-order valence-corrected chi connectivity index (χ3v) is 5.50. The standard InChI is InChI=1S/C23H29N3O3/c1-16(27)26(22-6-4-3-5-21(22)24)15-17-7-11-19(12-8-17)25-23(28)18-9-13-20(29-2)14-10-18/h7-14,21-22H,3-6,15,24H2,1-2H3,(H,25,28). The first-order valence-corrected chi connectivity index (χ1v) is 10.0.